The van der Waals surface area contributed by atoms with E-state index in [0.29, 0.717) is 26.1 Å². The van der Waals surface area contributed by atoms with Gasteiger partial charge < -0.3 is 14.2 Å². The van der Waals surface area contributed by atoms with E-state index in [1.807, 2.05) is 13.8 Å². The van der Waals surface area contributed by atoms with Gasteiger partial charge in [-0.05, 0) is 44.0 Å². The Morgan fingerprint density at radius 3 is 2.79 bits per heavy atom. The maximum atomic E-state index is 12.8. The predicted octanol–water partition coefficient (Wildman–Crippen LogP) is 1.48. The lowest BCUT2D eigenvalue weighted by Gasteiger charge is -2.17. The number of imidazole rings is 1. The van der Waals surface area contributed by atoms with Crippen LogP contribution in [-0.2, 0) is 32.5 Å². The number of carbonyl (C=O) groups is 1. The van der Waals surface area contributed by atoms with Crippen molar-refractivity contribution in [1.82, 2.24) is 9.55 Å². The van der Waals surface area contributed by atoms with E-state index in [1.165, 1.54) is 17.8 Å². The first-order chi connectivity index (χ1) is 13.2. The number of nitrogens with two attached hydrogens (primary N) is 1. The number of hydrogen-bond acceptors (Lipinski definition) is 6. The summed E-state index contributed by atoms with van der Waals surface area (Å²) in [5.41, 5.74) is 3.56. The fourth-order valence-electron chi connectivity index (χ4n) is 3.20. The summed E-state index contributed by atoms with van der Waals surface area (Å²) in [6.07, 6.45) is 0.607. The summed E-state index contributed by atoms with van der Waals surface area (Å²) in [5.74, 6) is 0.211. The Balaban J connectivity index is 1.72. The summed E-state index contributed by atoms with van der Waals surface area (Å²) in [7, 11) is -2.10. The van der Waals surface area contributed by atoms with E-state index in [1.54, 1.807) is 24.1 Å². The second-order valence-electron chi connectivity index (χ2n) is 6.63. The molecule has 1 aromatic carbocycles. The lowest BCUT2D eigenvalue weighted by molar-refractivity contribution is -0.116. The monoisotopic (exact) mass is 424 g/mol. The molecule has 1 aliphatic heterocycles. The number of primary sulfonamides is 1. The van der Waals surface area contributed by atoms with Crippen LogP contribution in [0, 0.1) is 13.8 Å². The van der Waals surface area contributed by atoms with E-state index in [9.17, 15) is 13.2 Å². The third-order valence-electron chi connectivity index (χ3n) is 4.84. The summed E-state index contributed by atoms with van der Waals surface area (Å²) in [4.78, 5) is 19.1. The minimum atomic E-state index is -3.75. The zero-order valence-corrected chi connectivity index (χ0v) is 17.8. The minimum absolute atomic E-state index is 0.0382. The maximum Gasteiger partial charge on any atom is 0.238 e. The van der Waals surface area contributed by atoms with Gasteiger partial charge in [-0.25, -0.2) is 18.5 Å². The summed E-state index contributed by atoms with van der Waals surface area (Å²) in [6, 6.07) is 4.64. The second-order valence-corrected chi connectivity index (χ2v) is 9.13. The summed E-state index contributed by atoms with van der Waals surface area (Å²) in [6.45, 7) is 5.74. The SMILES string of the molecule is COCCn1c(SCC(=O)N2CCc3cc(S(N)(=O)=O)ccc32)nc(C)c1C. The van der Waals surface area contributed by atoms with Gasteiger partial charge in [0.2, 0.25) is 15.9 Å². The van der Waals surface area contributed by atoms with Gasteiger partial charge in [0.1, 0.15) is 0 Å². The van der Waals surface area contributed by atoms with Crippen LogP contribution in [0.3, 0.4) is 0 Å². The molecule has 0 unspecified atom stereocenters. The highest BCUT2D eigenvalue weighted by Gasteiger charge is 2.26. The highest BCUT2D eigenvalue weighted by atomic mass is 32.2. The second kappa shape index (κ2) is 8.24. The Morgan fingerprint density at radius 2 is 2.11 bits per heavy atom. The van der Waals surface area contributed by atoms with Gasteiger partial charge in [-0.2, -0.15) is 0 Å². The first kappa shape index (κ1) is 20.8. The number of thioether (sulfide) groups is 1. The van der Waals surface area contributed by atoms with Crippen LogP contribution in [0.4, 0.5) is 5.69 Å². The Hall–Kier alpha value is -1.88. The fraction of sp³-hybridized carbons (Fsp3) is 0.444. The third kappa shape index (κ3) is 4.24. The molecule has 8 nitrogen and oxygen atoms in total. The standard InChI is InChI=1S/C18H24N4O4S2/c1-12-13(2)21(8-9-26-3)18(20-12)27-11-17(23)22-7-6-14-10-15(28(19,24)25)4-5-16(14)22/h4-5,10H,6-9,11H2,1-3H3,(H2,19,24,25). The van der Waals surface area contributed by atoms with Crippen LogP contribution in [0.1, 0.15) is 17.0 Å². The lowest BCUT2D eigenvalue weighted by Crippen LogP contribution is -2.30. The van der Waals surface area contributed by atoms with Crippen molar-refractivity contribution < 1.29 is 17.9 Å². The molecule has 2 aromatic rings. The Labute approximate surface area is 169 Å². The first-order valence-corrected chi connectivity index (χ1v) is 11.4. The largest absolute Gasteiger partial charge is 0.383 e. The van der Waals surface area contributed by atoms with Gasteiger partial charge in [-0.1, -0.05) is 11.8 Å². The quantitative estimate of drug-likeness (QED) is 0.675. The van der Waals surface area contributed by atoms with E-state index >= 15 is 0 Å². The molecule has 0 saturated heterocycles. The molecule has 10 heteroatoms. The molecule has 152 valence electrons. The molecular weight excluding hydrogens is 400 g/mol. The molecule has 0 atom stereocenters. The average Bonchev–Trinajstić information content (AvgIpc) is 3.18. The molecule has 0 bridgehead atoms. The average molecular weight is 425 g/mol. The molecule has 1 amide bonds. The van der Waals surface area contributed by atoms with Crippen LogP contribution >= 0.6 is 11.8 Å². The number of anilines is 1. The molecule has 0 fully saturated rings. The van der Waals surface area contributed by atoms with Crippen molar-refractivity contribution in [1.29, 1.82) is 0 Å². The van der Waals surface area contributed by atoms with Crippen molar-refractivity contribution in [3.8, 4) is 0 Å². The van der Waals surface area contributed by atoms with Gasteiger partial charge >= 0.3 is 0 Å². The van der Waals surface area contributed by atoms with Crippen LogP contribution < -0.4 is 10.0 Å². The highest BCUT2D eigenvalue weighted by Crippen LogP contribution is 2.31. The summed E-state index contributed by atoms with van der Waals surface area (Å²) < 4.78 is 30.3. The molecule has 0 aliphatic carbocycles. The Bertz CT molecular complexity index is 1000. The highest BCUT2D eigenvalue weighted by molar-refractivity contribution is 7.99. The number of ether oxygens (including phenoxy) is 1. The van der Waals surface area contributed by atoms with Crippen LogP contribution in [0.25, 0.3) is 0 Å². The number of aryl methyl sites for hydroxylation is 1. The number of aromatic nitrogens is 2. The smallest absolute Gasteiger partial charge is 0.238 e. The van der Waals surface area contributed by atoms with Crippen molar-refractivity contribution in [2.45, 2.75) is 36.9 Å². The van der Waals surface area contributed by atoms with Crippen LogP contribution in [0.15, 0.2) is 28.3 Å². The van der Waals surface area contributed by atoms with Gasteiger partial charge in [-0.15, -0.1) is 0 Å². The molecule has 28 heavy (non-hydrogen) atoms. The van der Waals surface area contributed by atoms with Crippen molar-refractivity contribution in [2.75, 3.05) is 30.9 Å². The molecule has 2 N–H and O–H groups in total. The lowest BCUT2D eigenvalue weighted by atomic mass is 10.2. The minimum Gasteiger partial charge on any atom is -0.383 e. The van der Waals surface area contributed by atoms with E-state index in [-0.39, 0.29) is 16.6 Å². The Morgan fingerprint density at radius 1 is 1.36 bits per heavy atom. The number of methoxy groups -OCH3 is 1. The Kier molecular flexibility index (Phi) is 6.13. The van der Waals surface area contributed by atoms with Gasteiger partial charge in [-0.3, -0.25) is 4.79 Å². The van der Waals surface area contributed by atoms with Gasteiger partial charge in [0, 0.05) is 31.6 Å². The molecule has 0 spiro atoms. The normalized spacial score (nSPS) is 13.8. The van der Waals surface area contributed by atoms with Crippen LogP contribution in [0.2, 0.25) is 0 Å². The van der Waals surface area contributed by atoms with Gasteiger partial charge in [0.05, 0.1) is 22.9 Å². The van der Waals surface area contributed by atoms with Crippen molar-refractivity contribution in [3.63, 3.8) is 0 Å². The molecule has 1 aliphatic rings. The van der Waals surface area contributed by atoms with Crippen molar-refractivity contribution in [2.24, 2.45) is 5.14 Å². The van der Waals surface area contributed by atoms with E-state index in [4.69, 9.17) is 9.88 Å². The number of benzene rings is 1. The van der Waals surface area contributed by atoms with Crippen molar-refractivity contribution >= 4 is 33.4 Å². The predicted molar refractivity (Wildman–Crippen MR) is 108 cm³/mol. The number of hydrogen-bond donors (Lipinski definition) is 1. The zero-order valence-electron chi connectivity index (χ0n) is 16.1. The van der Waals surface area contributed by atoms with Gasteiger partial charge in [0.15, 0.2) is 5.16 Å². The number of carbonyl (C=O) groups excluding carboxylic acids is 1. The third-order valence-corrected chi connectivity index (χ3v) is 6.71. The molecule has 0 radical (unpaired) electrons. The molecule has 3 rings (SSSR count). The molecule has 1 aromatic heterocycles. The first-order valence-electron chi connectivity index (χ1n) is 8.84. The topological polar surface area (TPSA) is 108 Å². The van der Waals surface area contributed by atoms with E-state index in [2.05, 4.69) is 9.55 Å². The van der Waals surface area contributed by atoms with E-state index < -0.39 is 10.0 Å². The zero-order chi connectivity index (χ0) is 20.5. The van der Waals surface area contributed by atoms with Gasteiger partial charge in [0.25, 0.3) is 0 Å². The molecule has 0 saturated carbocycles. The maximum absolute atomic E-state index is 12.8. The number of amides is 1. The molecular formula is C18H24N4O4S2. The number of rotatable bonds is 7. The van der Waals surface area contributed by atoms with Crippen LogP contribution in [-0.4, -0.2) is 49.9 Å². The fourth-order valence-corrected chi connectivity index (χ4v) is 4.76. The number of nitrogens with zero attached hydrogens (tertiary/aromatic N) is 3. The van der Waals surface area contributed by atoms with E-state index in [0.717, 1.165) is 27.8 Å². The van der Waals surface area contributed by atoms with Crippen molar-refractivity contribution in [3.05, 3.63) is 35.2 Å². The molecule has 2 heterocycles. The summed E-state index contributed by atoms with van der Waals surface area (Å²) >= 11 is 1.40. The number of fused-ring (bicyclic) bond motifs is 1. The van der Waals surface area contributed by atoms with Crippen LogP contribution in [0.5, 0.6) is 0 Å². The number of sulfonamides is 1. The summed E-state index contributed by atoms with van der Waals surface area (Å²) in [5, 5.41) is 5.99.